The molecule has 0 saturated carbocycles. The number of fused-ring (bicyclic) bond motifs is 1. The summed E-state index contributed by atoms with van der Waals surface area (Å²) in [5, 5.41) is 3.30. The van der Waals surface area contributed by atoms with Gasteiger partial charge < -0.3 is 15.0 Å². The van der Waals surface area contributed by atoms with Crippen molar-refractivity contribution in [3.63, 3.8) is 0 Å². The molecular formula is C26H24N4O. The van der Waals surface area contributed by atoms with Crippen LogP contribution in [0.3, 0.4) is 0 Å². The number of aryl methyl sites for hydroxylation is 2. The molecule has 0 radical (unpaired) electrons. The summed E-state index contributed by atoms with van der Waals surface area (Å²) in [6.07, 6.45) is 4.03. The van der Waals surface area contributed by atoms with Crippen molar-refractivity contribution >= 4 is 23.1 Å². The van der Waals surface area contributed by atoms with E-state index in [0.29, 0.717) is 5.95 Å². The fourth-order valence-corrected chi connectivity index (χ4v) is 3.88. The highest BCUT2D eigenvalue weighted by Crippen LogP contribution is 2.33. The van der Waals surface area contributed by atoms with E-state index >= 15 is 0 Å². The van der Waals surface area contributed by atoms with Crippen molar-refractivity contribution in [3.05, 3.63) is 96.2 Å². The zero-order valence-corrected chi connectivity index (χ0v) is 17.5. The first kappa shape index (κ1) is 19.1. The number of para-hydroxylation sites is 1. The molecule has 31 heavy (non-hydrogen) atoms. The van der Waals surface area contributed by atoms with E-state index in [1.54, 1.807) is 6.20 Å². The maximum atomic E-state index is 5.86. The summed E-state index contributed by atoms with van der Waals surface area (Å²) in [5.74, 6) is 3.09. The molecule has 4 aromatic rings. The molecule has 0 bridgehead atoms. The first-order valence-corrected chi connectivity index (χ1v) is 10.5. The van der Waals surface area contributed by atoms with E-state index in [0.717, 1.165) is 42.4 Å². The van der Waals surface area contributed by atoms with Crippen molar-refractivity contribution in [1.82, 2.24) is 9.97 Å². The van der Waals surface area contributed by atoms with Gasteiger partial charge >= 0.3 is 0 Å². The van der Waals surface area contributed by atoms with Gasteiger partial charge in [0.25, 0.3) is 0 Å². The molecule has 3 aromatic carbocycles. The molecule has 0 atom stereocenters. The number of anilines is 4. The molecule has 154 valence electrons. The van der Waals surface area contributed by atoms with Crippen LogP contribution in [0.25, 0.3) is 0 Å². The van der Waals surface area contributed by atoms with E-state index in [9.17, 15) is 0 Å². The summed E-state index contributed by atoms with van der Waals surface area (Å²) in [5.41, 5.74) is 4.83. The maximum absolute atomic E-state index is 5.86. The Labute approximate surface area is 182 Å². The summed E-state index contributed by atoms with van der Waals surface area (Å²) in [4.78, 5) is 11.5. The Hall–Kier alpha value is -3.86. The highest BCUT2D eigenvalue weighted by molar-refractivity contribution is 5.67. The molecule has 0 unspecified atom stereocenters. The van der Waals surface area contributed by atoms with Crippen LogP contribution in [-0.4, -0.2) is 16.5 Å². The van der Waals surface area contributed by atoms with Gasteiger partial charge in [0.2, 0.25) is 5.95 Å². The van der Waals surface area contributed by atoms with Crippen LogP contribution in [-0.2, 0) is 6.42 Å². The van der Waals surface area contributed by atoms with Crippen molar-refractivity contribution < 1.29 is 4.74 Å². The average molecular weight is 409 g/mol. The number of rotatable bonds is 5. The van der Waals surface area contributed by atoms with Gasteiger partial charge in [-0.3, -0.25) is 0 Å². The standard InChI is InChI=1S/C26H24N4O/c1-19-9-14-24-20(18-19)6-5-17-30(24)25-15-16-27-26(29-25)28-21-10-12-23(13-11-21)31-22-7-3-2-4-8-22/h2-4,7-16,18H,5-6,17H2,1H3,(H,27,28,29). The molecule has 0 spiro atoms. The minimum Gasteiger partial charge on any atom is -0.457 e. The van der Waals surface area contributed by atoms with Crippen molar-refractivity contribution in [3.8, 4) is 11.5 Å². The van der Waals surface area contributed by atoms with Crippen molar-refractivity contribution in [2.45, 2.75) is 19.8 Å². The molecule has 5 rings (SSSR count). The van der Waals surface area contributed by atoms with Crippen LogP contribution in [0.5, 0.6) is 11.5 Å². The predicted octanol–water partition coefficient (Wildman–Crippen LogP) is 6.41. The number of nitrogens with zero attached hydrogens (tertiary/aromatic N) is 3. The first-order chi connectivity index (χ1) is 15.2. The Balaban J connectivity index is 1.32. The van der Waals surface area contributed by atoms with Crippen LogP contribution in [0.15, 0.2) is 85.1 Å². The molecule has 0 saturated heterocycles. The zero-order chi connectivity index (χ0) is 21.0. The Bertz CT molecular complexity index is 1180. The fraction of sp³-hybridized carbons (Fsp3) is 0.154. The lowest BCUT2D eigenvalue weighted by atomic mass is 9.99. The van der Waals surface area contributed by atoms with E-state index < -0.39 is 0 Å². The molecule has 2 heterocycles. The Kier molecular flexibility index (Phi) is 5.23. The number of ether oxygens (including phenoxy) is 1. The van der Waals surface area contributed by atoms with Gasteiger partial charge in [-0.15, -0.1) is 0 Å². The number of hydrogen-bond acceptors (Lipinski definition) is 5. The quantitative estimate of drug-likeness (QED) is 0.414. The lowest BCUT2D eigenvalue weighted by Gasteiger charge is -2.30. The zero-order valence-electron chi connectivity index (χ0n) is 17.5. The average Bonchev–Trinajstić information content (AvgIpc) is 2.81. The third kappa shape index (κ3) is 4.36. The lowest BCUT2D eigenvalue weighted by Crippen LogP contribution is -2.25. The summed E-state index contributed by atoms with van der Waals surface area (Å²) in [7, 11) is 0. The van der Waals surface area contributed by atoms with Gasteiger partial charge in [0.15, 0.2) is 0 Å². The summed E-state index contributed by atoms with van der Waals surface area (Å²) < 4.78 is 5.86. The van der Waals surface area contributed by atoms with Crippen molar-refractivity contribution in [2.75, 3.05) is 16.8 Å². The van der Waals surface area contributed by atoms with Crippen LogP contribution in [0, 0.1) is 6.92 Å². The van der Waals surface area contributed by atoms with Crippen LogP contribution < -0.4 is 15.0 Å². The van der Waals surface area contributed by atoms with Gasteiger partial charge in [0.1, 0.15) is 17.3 Å². The van der Waals surface area contributed by atoms with Gasteiger partial charge in [-0.2, -0.15) is 4.98 Å². The monoisotopic (exact) mass is 408 g/mol. The second kappa shape index (κ2) is 8.48. The van der Waals surface area contributed by atoms with Gasteiger partial charge in [-0.25, -0.2) is 4.98 Å². The predicted molar refractivity (Wildman–Crippen MR) is 125 cm³/mol. The van der Waals surface area contributed by atoms with E-state index in [4.69, 9.17) is 9.72 Å². The highest BCUT2D eigenvalue weighted by Gasteiger charge is 2.19. The molecule has 0 aliphatic carbocycles. The molecule has 1 aliphatic heterocycles. The van der Waals surface area contributed by atoms with Gasteiger partial charge in [0, 0.05) is 24.1 Å². The molecule has 0 fully saturated rings. The second-order valence-electron chi connectivity index (χ2n) is 7.69. The Morgan fingerprint density at radius 1 is 0.903 bits per heavy atom. The van der Waals surface area contributed by atoms with Crippen LogP contribution in [0.2, 0.25) is 0 Å². The third-order valence-electron chi connectivity index (χ3n) is 5.36. The van der Waals surface area contributed by atoms with Gasteiger partial charge in [-0.05, 0) is 73.9 Å². The SMILES string of the molecule is Cc1ccc2c(c1)CCCN2c1ccnc(Nc2ccc(Oc3ccccc3)cc2)n1. The molecule has 5 nitrogen and oxygen atoms in total. The van der Waals surface area contributed by atoms with Gasteiger partial charge in [-0.1, -0.05) is 35.9 Å². The summed E-state index contributed by atoms with van der Waals surface area (Å²) in [6, 6.07) is 26.2. The Morgan fingerprint density at radius 2 is 1.71 bits per heavy atom. The number of nitrogens with one attached hydrogen (secondary N) is 1. The minimum absolute atomic E-state index is 0.577. The molecular weight excluding hydrogens is 384 g/mol. The van der Waals surface area contributed by atoms with Crippen molar-refractivity contribution in [1.29, 1.82) is 0 Å². The first-order valence-electron chi connectivity index (χ1n) is 10.5. The number of hydrogen-bond donors (Lipinski definition) is 1. The van der Waals surface area contributed by atoms with Gasteiger partial charge in [0.05, 0.1) is 0 Å². The van der Waals surface area contributed by atoms with Crippen LogP contribution >= 0.6 is 0 Å². The van der Waals surface area contributed by atoms with Crippen LogP contribution in [0.4, 0.5) is 23.1 Å². The largest absolute Gasteiger partial charge is 0.457 e. The third-order valence-corrected chi connectivity index (χ3v) is 5.36. The topological polar surface area (TPSA) is 50.3 Å². The molecule has 1 N–H and O–H groups in total. The van der Waals surface area contributed by atoms with Crippen molar-refractivity contribution in [2.24, 2.45) is 0 Å². The van der Waals surface area contributed by atoms with E-state index in [-0.39, 0.29) is 0 Å². The summed E-state index contributed by atoms with van der Waals surface area (Å²) in [6.45, 7) is 3.10. The minimum atomic E-state index is 0.577. The number of benzene rings is 3. The lowest BCUT2D eigenvalue weighted by molar-refractivity contribution is 0.483. The molecule has 1 aromatic heterocycles. The maximum Gasteiger partial charge on any atom is 0.229 e. The molecule has 0 amide bonds. The highest BCUT2D eigenvalue weighted by atomic mass is 16.5. The number of aromatic nitrogens is 2. The summed E-state index contributed by atoms with van der Waals surface area (Å²) >= 11 is 0. The van der Waals surface area contributed by atoms with E-state index in [1.807, 2.05) is 60.7 Å². The molecule has 1 aliphatic rings. The smallest absolute Gasteiger partial charge is 0.229 e. The normalized spacial score (nSPS) is 12.9. The Morgan fingerprint density at radius 3 is 2.55 bits per heavy atom. The molecule has 5 heteroatoms. The van der Waals surface area contributed by atoms with Crippen LogP contribution in [0.1, 0.15) is 17.5 Å². The fourth-order valence-electron chi connectivity index (χ4n) is 3.88. The van der Waals surface area contributed by atoms with E-state index in [1.165, 1.54) is 16.8 Å². The second-order valence-corrected chi connectivity index (χ2v) is 7.69. The van der Waals surface area contributed by atoms with E-state index in [2.05, 4.69) is 40.3 Å².